The third-order valence-corrected chi connectivity index (χ3v) is 3.91. The zero-order valence-corrected chi connectivity index (χ0v) is 13.0. The highest BCUT2D eigenvalue weighted by Crippen LogP contribution is 2.18. The smallest absolute Gasteiger partial charge is 0.310 e. The van der Waals surface area contributed by atoms with Crippen molar-refractivity contribution >= 4 is 16.0 Å². The molecule has 2 rings (SSSR count). The summed E-state index contributed by atoms with van der Waals surface area (Å²) < 4.78 is 21.2. The van der Waals surface area contributed by atoms with E-state index in [1.165, 1.54) is 12.1 Å². The highest BCUT2D eigenvalue weighted by molar-refractivity contribution is 7.89. The second kappa shape index (κ2) is 8.31. The van der Waals surface area contributed by atoms with Crippen LogP contribution in [0.3, 0.4) is 0 Å². The van der Waals surface area contributed by atoms with Gasteiger partial charge in [0.05, 0.1) is 10.8 Å². The van der Waals surface area contributed by atoms with Gasteiger partial charge >= 0.3 is 5.97 Å². The van der Waals surface area contributed by atoms with Gasteiger partial charge in [-0.05, 0) is 24.1 Å². The zero-order valence-electron chi connectivity index (χ0n) is 12.2. The van der Waals surface area contributed by atoms with Crippen molar-refractivity contribution in [3.05, 3.63) is 66.2 Å². The van der Waals surface area contributed by atoms with Crippen LogP contribution in [0.4, 0.5) is 0 Å². The molecule has 2 aromatic rings. The Hall–Kier alpha value is -2.18. The fourth-order valence-electron chi connectivity index (χ4n) is 1.85. The van der Waals surface area contributed by atoms with Gasteiger partial charge in [-0.3, -0.25) is 4.79 Å². The molecule has 0 heterocycles. The summed E-state index contributed by atoms with van der Waals surface area (Å²) >= 11 is 0. The lowest BCUT2D eigenvalue weighted by molar-refractivity contribution is -0.138. The fraction of sp³-hybridized carbons (Fsp3) is 0.188. The van der Waals surface area contributed by atoms with Crippen LogP contribution in [0.15, 0.2) is 65.6 Å². The van der Waals surface area contributed by atoms with Gasteiger partial charge in [0.15, 0.2) is 0 Å². The number of hydrogen-bond donors (Lipinski definition) is 2. The molecule has 0 aliphatic carbocycles. The van der Waals surface area contributed by atoms with Gasteiger partial charge < -0.3 is 5.11 Å². The average molecular weight is 321 g/mol. The van der Waals surface area contributed by atoms with Gasteiger partial charge in [-0.2, -0.15) is 0 Å². The first-order chi connectivity index (χ1) is 10.4. The number of aliphatic carboxylic acids is 1. The standard InChI is InChI=1S/C10H12O2.C6H7NO2S/c1-2-9(10(11)12)8-6-4-3-5-7-8;7-10(8,9)6-4-2-1-3-5-6/h3-7,9H,2H2,1H3,(H,11,12);1-5H,(H2,7,8,9). The molecule has 0 bridgehead atoms. The highest BCUT2D eigenvalue weighted by Gasteiger charge is 2.16. The normalized spacial score (nSPS) is 11.9. The van der Waals surface area contributed by atoms with Gasteiger partial charge in [-0.1, -0.05) is 55.5 Å². The van der Waals surface area contributed by atoms with Crippen molar-refractivity contribution in [1.29, 1.82) is 0 Å². The molecule has 0 aliphatic heterocycles. The molecule has 22 heavy (non-hydrogen) atoms. The van der Waals surface area contributed by atoms with Crippen LogP contribution in [0.1, 0.15) is 24.8 Å². The predicted molar refractivity (Wildman–Crippen MR) is 84.9 cm³/mol. The molecule has 0 aromatic heterocycles. The van der Waals surface area contributed by atoms with Crippen LogP contribution >= 0.6 is 0 Å². The van der Waals surface area contributed by atoms with Crippen molar-refractivity contribution in [1.82, 2.24) is 0 Å². The van der Waals surface area contributed by atoms with Gasteiger partial charge in [0.25, 0.3) is 0 Å². The van der Waals surface area contributed by atoms with Gasteiger partial charge in [0.1, 0.15) is 0 Å². The van der Waals surface area contributed by atoms with Crippen molar-refractivity contribution in [2.24, 2.45) is 5.14 Å². The predicted octanol–water partition coefficient (Wildman–Crippen LogP) is 2.60. The number of nitrogens with two attached hydrogens (primary N) is 1. The molecule has 0 radical (unpaired) electrons. The molecule has 0 spiro atoms. The number of hydrogen-bond acceptors (Lipinski definition) is 3. The summed E-state index contributed by atoms with van der Waals surface area (Å²) in [6.45, 7) is 1.88. The second-order valence-corrected chi connectivity index (χ2v) is 6.13. The summed E-state index contributed by atoms with van der Waals surface area (Å²) in [5.41, 5.74) is 0.882. The Morgan fingerprint density at radius 2 is 1.50 bits per heavy atom. The van der Waals surface area contributed by atoms with Crippen molar-refractivity contribution in [3.63, 3.8) is 0 Å². The first kappa shape index (κ1) is 17.9. The summed E-state index contributed by atoms with van der Waals surface area (Å²) in [5.74, 6) is -1.10. The van der Waals surface area contributed by atoms with E-state index in [-0.39, 0.29) is 10.8 Å². The maximum atomic E-state index is 10.7. The molecular weight excluding hydrogens is 302 g/mol. The Labute approximate surface area is 130 Å². The van der Waals surface area contributed by atoms with Crippen molar-refractivity contribution in [2.75, 3.05) is 0 Å². The summed E-state index contributed by atoms with van der Waals surface area (Å²) in [5, 5.41) is 13.7. The molecule has 3 N–H and O–H groups in total. The monoisotopic (exact) mass is 321 g/mol. The van der Waals surface area contributed by atoms with Crippen LogP contribution in [0.2, 0.25) is 0 Å². The number of benzene rings is 2. The molecular formula is C16H19NO4S. The summed E-state index contributed by atoms with van der Waals surface area (Å²) in [4.78, 5) is 10.9. The average Bonchev–Trinajstić information content (AvgIpc) is 2.49. The molecule has 118 valence electrons. The zero-order chi connectivity index (χ0) is 16.6. The molecule has 5 nitrogen and oxygen atoms in total. The van der Waals surface area contributed by atoms with Gasteiger partial charge in [-0.25, -0.2) is 13.6 Å². The number of sulfonamides is 1. The van der Waals surface area contributed by atoms with Crippen LogP contribution in [0.25, 0.3) is 0 Å². The number of carbonyl (C=O) groups is 1. The van der Waals surface area contributed by atoms with E-state index in [9.17, 15) is 13.2 Å². The molecule has 0 saturated carbocycles. The number of carboxylic acids is 1. The summed E-state index contributed by atoms with van der Waals surface area (Å²) in [6.07, 6.45) is 0.638. The van der Waals surface area contributed by atoms with Crippen molar-refractivity contribution in [2.45, 2.75) is 24.2 Å². The van der Waals surface area contributed by atoms with E-state index < -0.39 is 16.0 Å². The molecule has 0 aliphatic rings. The van der Waals surface area contributed by atoms with Gasteiger partial charge in [0, 0.05) is 0 Å². The van der Waals surface area contributed by atoms with E-state index in [1.807, 2.05) is 37.3 Å². The lowest BCUT2D eigenvalue weighted by Crippen LogP contribution is -2.11. The van der Waals surface area contributed by atoms with E-state index in [2.05, 4.69) is 0 Å². The minimum absolute atomic E-state index is 0.148. The number of carboxylic acid groups (broad SMARTS) is 1. The summed E-state index contributed by atoms with van der Waals surface area (Å²) in [7, 11) is -3.50. The van der Waals surface area contributed by atoms with E-state index in [1.54, 1.807) is 18.2 Å². The largest absolute Gasteiger partial charge is 0.481 e. The number of rotatable bonds is 4. The Morgan fingerprint density at radius 3 is 1.82 bits per heavy atom. The molecule has 1 atom stereocenters. The third-order valence-electron chi connectivity index (χ3n) is 2.98. The Balaban J connectivity index is 0.000000224. The molecule has 0 saturated heterocycles. The minimum Gasteiger partial charge on any atom is -0.481 e. The second-order valence-electron chi connectivity index (χ2n) is 4.57. The van der Waals surface area contributed by atoms with E-state index in [4.69, 9.17) is 10.2 Å². The first-order valence-electron chi connectivity index (χ1n) is 6.71. The third kappa shape index (κ3) is 5.67. The maximum absolute atomic E-state index is 10.7. The maximum Gasteiger partial charge on any atom is 0.310 e. The van der Waals surface area contributed by atoms with E-state index in [0.29, 0.717) is 6.42 Å². The Bertz CT molecular complexity index is 685. The fourth-order valence-corrected chi connectivity index (χ4v) is 2.38. The minimum atomic E-state index is -3.50. The van der Waals surface area contributed by atoms with Crippen LogP contribution in [-0.4, -0.2) is 19.5 Å². The topological polar surface area (TPSA) is 97.5 Å². The lowest BCUT2D eigenvalue weighted by Gasteiger charge is -2.08. The van der Waals surface area contributed by atoms with Crippen molar-refractivity contribution in [3.8, 4) is 0 Å². The quantitative estimate of drug-likeness (QED) is 0.904. The summed E-state index contributed by atoms with van der Waals surface area (Å²) in [6, 6.07) is 17.2. The van der Waals surface area contributed by atoms with Crippen LogP contribution < -0.4 is 5.14 Å². The lowest BCUT2D eigenvalue weighted by atomic mass is 9.97. The molecule has 0 fully saturated rings. The Morgan fingerprint density at radius 1 is 1.05 bits per heavy atom. The molecule has 0 amide bonds. The van der Waals surface area contributed by atoms with Crippen LogP contribution in [0.5, 0.6) is 0 Å². The van der Waals surface area contributed by atoms with Gasteiger partial charge in [0.2, 0.25) is 10.0 Å². The SMILES string of the molecule is CCC(C(=O)O)c1ccccc1.NS(=O)(=O)c1ccccc1. The van der Waals surface area contributed by atoms with Crippen molar-refractivity contribution < 1.29 is 18.3 Å². The highest BCUT2D eigenvalue weighted by atomic mass is 32.2. The molecule has 6 heteroatoms. The van der Waals surface area contributed by atoms with Crippen LogP contribution in [-0.2, 0) is 14.8 Å². The Kier molecular flexibility index (Phi) is 6.75. The van der Waals surface area contributed by atoms with E-state index >= 15 is 0 Å². The van der Waals surface area contributed by atoms with Gasteiger partial charge in [-0.15, -0.1) is 0 Å². The molecule has 2 aromatic carbocycles. The molecule has 1 unspecified atom stereocenters. The first-order valence-corrected chi connectivity index (χ1v) is 8.26. The van der Waals surface area contributed by atoms with E-state index in [0.717, 1.165) is 5.56 Å². The van der Waals surface area contributed by atoms with Crippen LogP contribution in [0, 0.1) is 0 Å². The number of primary sulfonamides is 1.